The van der Waals surface area contributed by atoms with Gasteiger partial charge in [-0.3, -0.25) is 0 Å². The number of aromatic nitrogens is 2. The van der Waals surface area contributed by atoms with Crippen LogP contribution in [0.25, 0.3) is 55.2 Å². The second-order valence-corrected chi connectivity index (χ2v) is 8.54. The van der Waals surface area contributed by atoms with E-state index >= 15 is 0 Å². The van der Waals surface area contributed by atoms with Crippen LogP contribution in [-0.2, 0) is 7.05 Å². The van der Waals surface area contributed by atoms with E-state index in [1.54, 1.807) is 0 Å². The Morgan fingerprint density at radius 3 is 2.47 bits per heavy atom. The Morgan fingerprint density at radius 1 is 0.812 bits per heavy atom. The maximum absolute atomic E-state index is 6.42. The molecule has 0 aliphatic heterocycles. The Kier molecular flexibility index (Phi) is 4.12. The number of fused-ring (bicyclic) bond motifs is 5. The van der Waals surface area contributed by atoms with Crippen molar-refractivity contribution in [1.82, 2.24) is 4.98 Å². The van der Waals surface area contributed by atoms with Crippen molar-refractivity contribution < 1.29 is 8.98 Å². The van der Waals surface area contributed by atoms with Gasteiger partial charge in [-0.25, -0.2) is 9.55 Å². The fourth-order valence-corrected chi connectivity index (χ4v) is 4.63. The highest BCUT2D eigenvalue weighted by Gasteiger charge is 2.22. The Bertz CT molecular complexity index is 1640. The number of nitrogens with zero attached hydrogens (tertiary/aromatic N) is 2. The summed E-state index contributed by atoms with van der Waals surface area (Å²) in [6.45, 7) is 4.26. The molecule has 3 aromatic carbocycles. The van der Waals surface area contributed by atoms with Gasteiger partial charge < -0.3 is 4.42 Å². The Labute approximate surface area is 186 Å². The van der Waals surface area contributed by atoms with Crippen LogP contribution in [0.4, 0.5) is 0 Å². The molecule has 0 aliphatic rings. The van der Waals surface area contributed by atoms with Gasteiger partial charge in [-0.15, -0.1) is 0 Å². The van der Waals surface area contributed by atoms with Crippen LogP contribution < -0.4 is 4.57 Å². The third-order valence-electron chi connectivity index (χ3n) is 6.39. The number of aryl methyl sites for hydroxylation is 3. The molecule has 0 saturated carbocycles. The maximum Gasteiger partial charge on any atom is 0.227 e. The number of hydrogen-bond acceptors (Lipinski definition) is 2. The Balaban J connectivity index is 1.66. The van der Waals surface area contributed by atoms with Crippen LogP contribution in [0.2, 0.25) is 0 Å². The van der Waals surface area contributed by atoms with E-state index in [1.807, 2.05) is 12.3 Å². The van der Waals surface area contributed by atoms with Crippen LogP contribution >= 0.6 is 0 Å². The van der Waals surface area contributed by atoms with Gasteiger partial charge in [0.05, 0.1) is 10.9 Å². The maximum atomic E-state index is 6.42. The predicted octanol–water partition coefficient (Wildman–Crippen LogP) is 6.91. The zero-order chi connectivity index (χ0) is 21.8. The highest BCUT2D eigenvalue weighted by molar-refractivity contribution is 6.19. The average molecular weight is 416 g/mol. The number of furan rings is 1. The van der Waals surface area contributed by atoms with Gasteiger partial charge in [0.2, 0.25) is 11.4 Å². The largest absolute Gasteiger partial charge is 0.437 e. The standard InChI is InChI=1S/C29H23N2O/c1-18-8-11-20(12-9-18)21-14-15-31(3)25(16-21)26-19(2)10-13-24-27-23-7-5-4-6-22(23)17-30-29(27)32-28(24)26/h4-17H,1-3H3/q+1. The molecule has 0 radical (unpaired) electrons. The molecule has 3 nitrogen and oxygen atoms in total. The molecule has 0 N–H and O–H groups in total. The van der Waals surface area contributed by atoms with Crippen molar-refractivity contribution in [3.8, 4) is 22.4 Å². The van der Waals surface area contributed by atoms with E-state index in [1.165, 1.54) is 27.6 Å². The molecule has 0 bridgehead atoms. The summed E-state index contributed by atoms with van der Waals surface area (Å²) in [6, 6.07) is 25.8. The summed E-state index contributed by atoms with van der Waals surface area (Å²) in [5, 5.41) is 4.47. The molecule has 32 heavy (non-hydrogen) atoms. The first-order valence-electron chi connectivity index (χ1n) is 10.9. The smallest absolute Gasteiger partial charge is 0.227 e. The van der Waals surface area contributed by atoms with Crippen LogP contribution in [0.1, 0.15) is 11.1 Å². The van der Waals surface area contributed by atoms with Crippen LogP contribution in [0.5, 0.6) is 0 Å². The number of benzene rings is 3. The lowest BCUT2D eigenvalue weighted by Crippen LogP contribution is -2.30. The molecule has 0 amide bonds. The second-order valence-electron chi connectivity index (χ2n) is 8.54. The third kappa shape index (κ3) is 2.82. The quantitative estimate of drug-likeness (QED) is 0.288. The van der Waals surface area contributed by atoms with E-state index in [0.717, 1.165) is 33.0 Å². The van der Waals surface area contributed by atoms with E-state index in [9.17, 15) is 0 Å². The molecular weight excluding hydrogens is 392 g/mol. The van der Waals surface area contributed by atoms with Crippen molar-refractivity contribution in [3.63, 3.8) is 0 Å². The van der Waals surface area contributed by atoms with Crippen molar-refractivity contribution in [1.29, 1.82) is 0 Å². The lowest BCUT2D eigenvalue weighted by molar-refractivity contribution is -0.660. The van der Waals surface area contributed by atoms with E-state index in [-0.39, 0.29) is 0 Å². The van der Waals surface area contributed by atoms with Gasteiger partial charge in [-0.05, 0) is 35.9 Å². The lowest BCUT2D eigenvalue weighted by Gasteiger charge is -2.08. The molecule has 0 aliphatic carbocycles. The zero-order valence-electron chi connectivity index (χ0n) is 18.4. The minimum Gasteiger partial charge on any atom is -0.437 e. The molecule has 3 heteroatoms. The van der Waals surface area contributed by atoms with Gasteiger partial charge in [-0.2, -0.15) is 0 Å². The predicted molar refractivity (Wildman–Crippen MR) is 131 cm³/mol. The summed E-state index contributed by atoms with van der Waals surface area (Å²) < 4.78 is 8.58. The van der Waals surface area contributed by atoms with Crippen LogP contribution in [0, 0.1) is 13.8 Å². The van der Waals surface area contributed by atoms with E-state index < -0.39 is 0 Å². The summed E-state index contributed by atoms with van der Waals surface area (Å²) in [7, 11) is 2.09. The SMILES string of the molecule is Cc1ccc(-c2cc[n+](C)c(-c3c(C)ccc4c3oc3ncc5ccccc5c34)c2)cc1. The van der Waals surface area contributed by atoms with Gasteiger partial charge in [0.15, 0.2) is 11.8 Å². The van der Waals surface area contributed by atoms with Gasteiger partial charge in [0.1, 0.15) is 7.05 Å². The molecule has 6 aromatic rings. The normalized spacial score (nSPS) is 11.6. The molecule has 0 saturated heterocycles. The molecular formula is C29H23N2O+. The highest BCUT2D eigenvalue weighted by atomic mass is 16.3. The number of rotatable bonds is 2. The van der Waals surface area contributed by atoms with Crippen LogP contribution in [-0.4, -0.2) is 4.98 Å². The molecule has 3 aromatic heterocycles. The fourth-order valence-electron chi connectivity index (χ4n) is 4.63. The van der Waals surface area contributed by atoms with Gasteiger partial charge in [-0.1, -0.05) is 66.2 Å². The van der Waals surface area contributed by atoms with E-state index in [4.69, 9.17) is 4.42 Å². The van der Waals surface area contributed by atoms with Crippen molar-refractivity contribution in [3.05, 3.63) is 96.3 Å². The third-order valence-corrected chi connectivity index (χ3v) is 6.39. The molecule has 0 atom stereocenters. The number of pyridine rings is 2. The molecule has 6 rings (SSSR count). The summed E-state index contributed by atoms with van der Waals surface area (Å²) in [4.78, 5) is 4.63. The monoisotopic (exact) mass is 415 g/mol. The number of hydrogen-bond donors (Lipinski definition) is 0. The highest BCUT2D eigenvalue weighted by Crippen LogP contribution is 2.39. The first-order valence-corrected chi connectivity index (χ1v) is 10.9. The first-order chi connectivity index (χ1) is 15.6. The first kappa shape index (κ1) is 18.8. The van der Waals surface area contributed by atoms with Crippen LogP contribution in [0.3, 0.4) is 0 Å². The van der Waals surface area contributed by atoms with Crippen LogP contribution in [0.15, 0.2) is 89.6 Å². The lowest BCUT2D eigenvalue weighted by atomic mass is 9.97. The second kappa shape index (κ2) is 7.03. The fraction of sp³-hybridized carbons (Fsp3) is 0.103. The van der Waals surface area contributed by atoms with Gasteiger partial charge >= 0.3 is 0 Å². The van der Waals surface area contributed by atoms with E-state index in [2.05, 4.69) is 103 Å². The summed E-state index contributed by atoms with van der Waals surface area (Å²) in [5.74, 6) is 0. The Morgan fingerprint density at radius 2 is 1.62 bits per heavy atom. The molecule has 0 unspecified atom stereocenters. The summed E-state index contributed by atoms with van der Waals surface area (Å²) in [6.07, 6.45) is 4.02. The average Bonchev–Trinajstić information content (AvgIpc) is 3.19. The molecule has 0 fully saturated rings. The van der Waals surface area contributed by atoms with Crippen molar-refractivity contribution in [2.45, 2.75) is 13.8 Å². The molecule has 3 heterocycles. The summed E-state index contributed by atoms with van der Waals surface area (Å²) >= 11 is 0. The topological polar surface area (TPSA) is 29.9 Å². The van der Waals surface area contributed by atoms with Crippen molar-refractivity contribution >= 4 is 32.8 Å². The Hall–Kier alpha value is -3.98. The van der Waals surface area contributed by atoms with E-state index in [0.29, 0.717) is 5.71 Å². The van der Waals surface area contributed by atoms with Crippen molar-refractivity contribution in [2.24, 2.45) is 7.05 Å². The zero-order valence-corrected chi connectivity index (χ0v) is 18.4. The van der Waals surface area contributed by atoms with Gasteiger partial charge in [0, 0.05) is 29.1 Å². The minimum atomic E-state index is 0.683. The minimum absolute atomic E-state index is 0.683. The van der Waals surface area contributed by atoms with Gasteiger partial charge in [0.25, 0.3) is 0 Å². The summed E-state index contributed by atoms with van der Waals surface area (Å²) in [5.41, 5.74) is 8.64. The molecule has 0 spiro atoms. The van der Waals surface area contributed by atoms with Crippen molar-refractivity contribution in [2.75, 3.05) is 0 Å². The molecule has 154 valence electrons.